The van der Waals surface area contributed by atoms with Crippen LogP contribution < -0.4 is 10.1 Å². The molecular weight excluding hydrogens is 353 g/mol. The van der Waals surface area contributed by atoms with E-state index in [1.807, 2.05) is 0 Å². The third-order valence-electron chi connectivity index (χ3n) is 2.95. The van der Waals surface area contributed by atoms with Gasteiger partial charge in [0.05, 0.1) is 12.4 Å². The average molecular weight is 369 g/mol. The molecule has 2 rings (SSSR count). The van der Waals surface area contributed by atoms with Crippen molar-refractivity contribution in [2.75, 3.05) is 7.11 Å². The van der Waals surface area contributed by atoms with Crippen molar-refractivity contribution in [2.24, 2.45) is 0 Å². The van der Waals surface area contributed by atoms with Gasteiger partial charge in [0, 0.05) is 0 Å². The number of nitrogens with one attached hydrogen (secondary N) is 1. The van der Waals surface area contributed by atoms with E-state index in [2.05, 4.69) is 20.3 Å². The Labute approximate surface area is 147 Å². The Morgan fingerprint density at radius 1 is 1.24 bits per heavy atom. The highest BCUT2D eigenvalue weighted by Crippen LogP contribution is 2.26. The van der Waals surface area contributed by atoms with Crippen LogP contribution in [0.3, 0.4) is 0 Å². The maximum Gasteiger partial charge on any atom is 0.413 e. The third-order valence-corrected chi connectivity index (χ3v) is 3.89. The lowest BCUT2D eigenvalue weighted by atomic mass is 10.3. The summed E-state index contributed by atoms with van der Waals surface area (Å²) in [4.78, 5) is 22.8. The molecular formula is C15H16FN3O5S. The molecule has 25 heavy (non-hydrogen) atoms. The molecule has 0 bridgehead atoms. The van der Waals surface area contributed by atoms with Crippen LogP contribution in [-0.2, 0) is 9.53 Å². The van der Waals surface area contributed by atoms with Crippen molar-refractivity contribution in [3.63, 3.8) is 0 Å². The van der Waals surface area contributed by atoms with Crippen molar-refractivity contribution in [1.82, 2.24) is 15.5 Å². The Morgan fingerprint density at radius 2 is 1.92 bits per heavy atom. The van der Waals surface area contributed by atoms with E-state index in [0.717, 1.165) is 18.9 Å². The van der Waals surface area contributed by atoms with E-state index in [1.54, 1.807) is 13.8 Å². The molecule has 1 aromatic heterocycles. The van der Waals surface area contributed by atoms with Crippen LogP contribution in [0.4, 0.5) is 9.18 Å². The Kier molecular flexibility index (Phi) is 6.34. The van der Waals surface area contributed by atoms with Gasteiger partial charge in [0.15, 0.2) is 6.10 Å². The molecule has 0 aliphatic heterocycles. The second kappa shape index (κ2) is 8.47. The zero-order valence-corrected chi connectivity index (χ0v) is 14.5. The minimum Gasteiger partial charge on any atom is -0.481 e. The Hall–Kier alpha value is -2.62. The average Bonchev–Trinajstić information content (AvgIpc) is 3.05. The number of nitrogens with zero attached hydrogens (tertiary/aromatic N) is 2. The van der Waals surface area contributed by atoms with Crippen molar-refractivity contribution in [3.8, 4) is 5.75 Å². The van der Waals surface area contributed by atoms with Gasteiger partial charge in [-0.1, -0.05) is 11.8 Å². The van der Waals surface area contributed by atoms with Crippen molar-refractivity contribution >= 4 is 23.8 Å². The summed E-state index contributed by atoms with van der Waals surface area (Å²) < 4.78 is 28.2. The lowest BCUT2D eigenvalue weighted by molar-refractivity contribution is -0.119. The minimum absolute atomic E-state index is 0.150. The van der Waals surface area contributed by atoms with Crippen molar-refractivity contribution in [1.29, 1.82) is 0 Å². The molecule has 0 fully saturated rings. The highest BCUT2D eigenvalue weighted by Gasteiger charge is 2.22. The molecule has 1 N–H and O–H groups in total. The number of alkyl carbamates (subject to hydrolysis) is 1. The summed E-state index contributed by atoms with van der Waals surface area (Å²) in [5.74, 6) is -0.262. The van der Waals surface area contributed by atoms with Gasteiger partial charge < -0.3 is 13.9 Å². The molecule has 1 heterocycles. The number of rotatable bonds is 6. The maximum atomic E-state index is 12.9. The van der Waals surface area contributed by atoms with E-state index in [-0.39, 0.29) is 16.9 Å². The number of imide groups is 1. The molecule has 0 radical (unpaired) electrons. The summed E-state index contributed by atoms with van der Waals surface area (Å²) in [6.45, 7) is 3.27. The molecule has 0 unspecified atom stereocenters. The number of benzene rings is 1. The second-order valence-electron chi connectivity index (χ2n) is 4.86. The van der Waals surface area contributed by atoms with Crippen LogP contribution in [0.1, 0.15) is 25.8 Å². The first-order valence-corrected chi connectivity index (χ1v) is 8.08. The molecule has 0 spiro atoms. The number of hydrogen-bond donors (Lipinski definition) is 1. The lowest BCUT2D eigenvalue weighted by Crippen LogP contribution is -2.35. The van der Waals surface area contributed by atoms with Gasteiger partial charge in [0.1, 0.15) is 11.6 Å². The molecule has 0 saturated heterocycles. The van der Waals surface area contributed by atoms with Crippen molar-refractivity contribution < 1.29 is 27.9 Å². The first-order chi connectivity index (χ1) is 11.9. The first-order valence-electron chi connectivity index (χ1n) is 7.20. The molecule has 8 nitrogen and oxygen atoms in total. The topological polar surface area (TPSA) is 104 Å². The van der Waals surface area contributed by atoms with E-state index in [0.29, 0.717) is 5.75 Å². The first kappa shape index (κ1) is 18.7. The van der Waals surface area contributed by atoms with E-state index < -0.39 is 23.4 Å². The number of hydrogen-bond acceptors (Lipinski definition) is 8. The summed E-state index contributed by atoms with van der Waals surface area (Å²) in [5.41, 5.74) is 0. The van der Waals surface area contributed by atoms with Crippen LogP contribution in [0.2, 0.25) is 0 Å². The number of thioether (sulfide) groups is 1. The van der Waals surface area contributed by atoms with Crippen LogP contribution in [0.25, 0.3) is 0 Å². The number of methoxy groups -OCH3 is 1. The Morgan fingerprint density at radius 3 is 2.56 bits per heavy atom. The molecule has 2 aromatic rings. The van der Waals surface area contributed by atoms with Crippen LogP contribution >= 0.6 is 11.8 Å². The summed E-state index contributed by atoms with van der Waals surface area (Å²) in [7, 11) is 1.16. The Bertz CT molecular complexity index is 737. The van der Waals surface area contributed by atoms with Crippen LogP contribution in [0.5, 0.6) is 5.75 Å². The monoisotopic (exact) mass is 369 g/mol. The number of amides is 2. The van der Waals surface area contributed by atoms with Crippen LogP contribution in [0, 0.1) is 5.82 Å². The largest absolute Gasteiger partial charge is 0.481 e. The van der Waals surface area contributed by atoms with Gasteiger partial charge in [-0.25, -0.2) is 9.18 Å². The summed E-state index contributed by atoms with van der Waals surface area (Å²) in [6, 6.07) is 5.52. The van der Waals surface area contributed by atoms with E-state index in [1.165, 1.54) is 24.3 Å². The van der Waals surface area contributed by atoms with Gasteiger partial charge in [0.25, 0.3) is 11.1 Å². The van der Waals surface area contributed by atoms with Gasteiger partial charge in [-0.15, -0.1) is 10.2 Å². The predicted octanol–water partition coefficient (Wildman–Crippen LogP) is 2.71. The fraction of sp³-hybridized carbons (Fsp3) is 0.333. The number of aromatic nitrogens is 2. The summed E-state index contributed by atoms with van der Waals surface area (Å²) in [6.07, 6.45) is -1.41. The quantitative estimate of drug-likeness (QED) is 0.775. The fourth-order valence-corrected chi connectivity index (χ4v) is 2.35. The normalized spacial score (nSPS) is 13.0. The fourth-order valence-electron chi connectivity index (χ4n) is 1.66. The van der Waals surface area contributed by atoms with Crippen LogP contribution in [0.15, 0.2) is 33.9 Å². The highest BCUT2D eigenvalue weighted by atomic mass is 32.2. The molecule has 2 amide bonds. The minimum atomic E-state index is -0.843. The predicted molar refractivity (Wildman–Crippen MR) is 85.6 cm³/mol. The number of halogens is 1. The van der Waals surface area contributed by atoms with Gasteiger partial charge >= 0.3 is 6.09 Å². The second-order valence-corrected chi connectivity index (χ2v) is 6.15. The molecule has 0 aliphatic carbocycles. The highest BCUT2D eigenvalue weighted by molar-refractivity contribution is 8.00. The standard InChI is InChI=1S/C15H16FN3O5S/c1-8(23-11-6-4-10(16)5-7-11)13-18-19-15(24-13)25-9(2)12(20)17-14(21)22-3/h4-9H,1-3H3,(H,17,20,21)/t8-,9+/m1/s1. The smallest absolute Gasteiger partial charge is 0.413 e. The summed E-state index contributed by atoms with van der Waals surface area (Å²) >= 11 is 0.985. The number of carbonyl (C=O) groups is 2. The zero-order valence-electron chi connectivity index (χ0n) is 13.7. The Balaban J connectivity index is 1.93. The molecule has 134 valence electrons. The number of ether oxygens (including phenoxy) is 2. The third kappa shape index (κ3) is 5.45. The molecule has 0 saturated carbocycles. The molecule has 1 aromatic carbocycles. The maximum absolute atomic E-state index is 12.9. The number of carbonyl (C=O) groups excluding carboxylic acids is 2. The van der Waals surface area contributed by atoms with E-state index >= 15 is 0 Å². The molecule has 2 atom stereocenters. The summed E-state index contributed by atoms with van der Waals surface area (Å²) in [5, 5.41) is 9.23. The van der Waals surface area contributed by atoms with Crippen molar-refractivity contribution in [3.05, 3.63) is 36.0 Å². The molecule has 0 aliphatic rings. The van der Waals surface area contributed by atoms with E-state index in [9.17, 15) is 14.0 Å². The lowest BCUT2D eigenvalue weighted by Gasteiger charge is -2.10. The van der Waals surface area contributed by atoms with E-state index in [4.69, 9.17) is 9.15 Å². The zero-order chi connectivity index (χ0) is 18.4. The van der Waals surface area contributed by atoms with Gasteiger partial charge in [0.2, 0.25) is 5.91 Å². The molecule has 10 heteroatoms. The van der Waals surface area contributed by atoms with Gasteiger partial charge in [-0.3, -0.25) is 10.1 Å². The van der Waals surface area contributed by atoms with Gasteiger partial charge in [-0.2, -0.15) is 0 Å². The van der Waals surface area contributed by atoms with Gasteiger partial charge in [-0.05, 0) is 38.1 Å². The van der Waals surface area contributed by atoms with Crippen molar-refractivity contribution in [2.45, 2.75) is 30.4 Å². The van der Waals surface area contributed by atoms with Crippen LogP contribution in [-0.4, -0.2) is 34.6 Å². The SMILES string of the molecule is COC(=O)NC(=O)[C@H](C)Sc1nnc([C@@H](C)Oc2ccc(F)cc2)o1.